The van der Waals surface area contributed by atoms with Gasteiger partial charge in [-0.1, -0.05) is 17.7 Å². The average molecular weight is 421 g/mol. The zero-order valence-corrected chi connectivity index (χ0v) is 16.2. The number of hydrogen-bond acceptors (Lipinski definition) is 6. The van der Waals surface area contributed by atoms with Gasteiger partial charge in [0.1, 0.15) is 36.1 Å². The van der Waals surface area contributed by atoms with E-state index in [2.05, 4.69) is 15.5 Å². The molecule has 3 aromatic rings. The first-order valence-electron chi connectivity index (χ1n) is 8.90. The summed E-state index contributed by atoms with van der Waals surface area (Å²) in [6.07, 6.45) is 2.17. The summed E-state index contributed by atoms with van der Waals surface area (Å²) in [6.45, 7) is 1.59. The van der Waals surface area contributed by atoms with Crippen LogP contribution in [0.5, 0.6) is 0 Å². The number of hydrazine groups is 1. The summed E-state index contributed by atoms with van der Waals surface area (Å²) < 4.78 is 29.6. The number of benzene rings is 2. The second-order valence-electron chi connectivity index (χ2n) is 7.00. The highest BCUT2D eigenvalue weighted by Crippen LogP contribution is 2.39. The lowest BCUT2D eigenvalue weighted by atomic mass is 9.85. The quantitative estimate of drug-likeness (QED) is 0.587. The molecule has 0 bridgehead atoms. The van der Waals surface area contributed by atoms with Gasteiger partial charge < -0.3 is 15.8 Å². The van der Waals surface area contributed by atoms with Gasteiger partial charge in [0.05, 0.1) is 18.3 Å². The van der Waals surface area contributed by atoms with Crippen LogP contribution in [0.4, 0.5) is 14.5 Å². The molecule has 1 aliphatic heterocycles. The Morgan fingerprint density at radius 3 is 2.79 bits per heavy atom. The molecule has 0 fully saturated rings. The van der Waals surface area contributed by atoms with Crippen molar-refractivity contribution in [2.75, 3.05) is 5.01 Å². The molecule has 0 radical (unpaired) electrons. The SMILES string of the molecule is C[C@@H](N1NC(N)c2cc(Cl)ccc21)[C@](O)(Cn1cncn1)c1ccc(F)cc1F. The Balaban J connectivity index is 1.79. The fourth-order valence-corrected chi connectivity index (χ4v) is 3.84. The summed E-state index contributed by atoms with van der Waals surface area (Å²) in [5.41, 5.74) is 8.82. The minimum Gasteiger partial charge on any atom is -0.381 e. The van der Waals surface area contributed by atoms with Crippen LogP contribution in [0.3, 0.4) is 0 Å². The fourth-order valence-electron chi connectivity index (χ4n) is 3.66. The molecule has 0 saturated carbocycles. The van der Waals surface area contributed by atoms with Crippen molar-refractivity contribution in [2.45, 2.75) is 31.3 Å². The molecule has 1 aliphatic rings. The normalized spacial score (nSPS) is 19.1. The second kappa shape index (κ2) is 7.34. The average Bonchev–Trinajstić information content (AvgIpc) is 3.29. The first kappa shape index (κ1) is 19.7. The molecule has 1 unspecified atom stereocenters. The minimum absolute atomic E-state index is 0.0697. The van der Waals surface area contributed by atoms with E-state index >= 15 is 0 Å². The first-order chi connectivity index (χ1) is 13.8. The number of rotatable bonds is 5. The van der Waals surface area contributed by atoms with Gasteiger partial charge in [0.2, 0.25) is 0 Å². The van der Waals surface area contributed by atoms with Crippen molar-refractivity contribution in [1.29, 1.82) is 0 Å². The van der Waals surface area contributed by atoms with E-state index in [1.165, 1.54) is 23.4 Å². The monoisotopic (exact) mass is 420 g/mol. The van der Waals surface area contributed by atoms with E-state index in [-0.39, 0.29) is 12.1 Å². The van der Waals surface area contributed by atoms with Crippen molar-refractivity contribution in [2.24, 2.45) is 5.73 Å². The highest BCUT2D eigenvalue weighted by molar-refractivity contribution is 6.30. The zero-order valence-electron chi connectivity index (χ0n) is 15.4. The number of fused-ring (bicyclic) bond motifs is 1. The molecule has 7 nitrogen and oxygen atoms in total. The van der Waals surface area contributed by atoms with Crippen LogP contribution in [0.1, 0.15) is 24.2 Å². The maximum absolute atomic E-state index is 14.7. The maximum atomic E-state index is 14.7. The van der Waals surface area contributed by atoms with Gasteiger partial charge >= 0.3 is 0 Å². The third kappa shape index (κ3) is 3.46. The molecule has 0 saturated heterocycles. The number of aromatic nitrogens is 3. The molecule has 29 heavy (non-hydrogen) atoms. The van der Waals surface area contributed by atoms with E-state index in [1.54, 1.807) is 30.1 Å². The number of nitrogens with two attached hydrogens (primary N) is 1. The number of anilines is 1. The Morgan fingerprint density at radius 2 is 2.10 bits per heavy atom. The van der Waals surface area contributed by atoms with Crippen LogP contribution in [-0.2, 0) is 12.1 Å². The Morgan fingerprint density at radius 1 is 1.31 bits per heavy atom. The van der Waals surface area contributed by atoms with Gasteiger partial charge in [-0.3, -0.25) is 0 Å². The zero-order chi connectivity index (χ0) is 20.8. The highest BCUT2D eigenvalue weighted by atomic mass is 35.5. The van der Waals surface area contributed by atoms with Crippen LogP contribution < -0.4 is 16.2 Å². The molecule has 0 aliphatic carbocycles. The van der Waals surface area contributed by atoms with Crippen molar-refractivity contribution in [3.63, 3.8) is 0 Å². The fraction of sp³-hybridized carbons (Fsp3) is 0.263. The first-order valence-corrected chi connectivity index (χ1v) is 9.28. The van der Waals surface area contributed by atoms with Crippen LogP contribution in [0.15, 0.2) is 49.1 Å². The van der Waals surface area contributed by atoms with E-state index in [9.17, 15) is 13.9 Å². The molecule has 4 N–H and O–H groups in total. The van der Waals surface area contributed by atoms with Crippen molar-refractivity contribution < 1.29 is 13.9 Å². The number of aliphatic hydroxyl groups is 1. The summed E-state index contributed by atoms with van der Waals surface area (Å²) >= 11 is 6.08. The molecule has 4 rings (SSSR count). The largest absolute Gasteiger partial charge is 0.381 e. The van der Waals surface area contributed by atoms with E-state index in [1.807, 2.05) is 0 Å². The lowest BCUT2D eigenvalue weighted by Crippen LogP contribution is -2.56. The summed E-state index contributed by atoms with van der Waals surface area (Å²) in [4.78, 5) is 3.87. The lowest BCUT2D eigenvalue weighted by Gasteiger charge is -2.40. The number of halogens is 3. The lowest BCUT2D eigenvalue weighted by molar-refractivity contribution is -0.0137. The van der Waals surface area contributed by atoms with Gasteiger partial charge in [-0.25, -0.2) is 23.9 Å². The number of hydrogen-bond donors (Lipinski definition) is 3. The van der Waals surface area contributed by atoms with Gasteiger partial charge in [0.15, 0.2) is 0 Å². The summed E-state index contributed by atoms with van der Waals surface area (Å²) in [5.74, 6) is -1.59. The van der Waals surface area contributed by atoms with E-state index < -0.39 is 29.4 Å². The van der Waals surface area contributed by atoms with Gasteiger partial charge in [-0.15, -0.1) is 0 Å². The Labute approximate surface area is 170 Å². The van der Waals surface area contributed by atoms with Gasteiger partial charge in [0, 0.05) is 22.2 Å². The van der Waals surface area contributed by atoms with Crippen LogP contribution in [0, 0.1) is 11.6 Å². The number of nitrogens with zero attached hydrogens (tertiary/aromatic N) is 4. The molecular formula is C19H19ClF2N6O. The molecule has 0 spiro atoms. The second-order valence-corrected chi connectivity index (χ2v) is 7.43. The summed E-state index contributed by atoms with van der Waals surface area (Å²) in [5, 5.41) is 17.9. The van der Waals surface area contributed by atoms with Crippen LogP contribution in [0.25, 0.3) is 0 Å². The Hall–Kier alpha value is -2.59. The number of nitrogens with one attached hydrogen (secondary N) is 1. The molecule has 0 amide bonds. The predicted octanol–water partition coefficient (Wildman–Crippen LogP) is 2.47. The third-order valence-corrected chi connectivity index (χ3v) is 5.44. The molecule has 10 heteroatoms. The highest BCUT2D eigenvalue weighted by Gasteiger charge is 2.45. The van der Waals surface area contributed by atoms with Crippen molar-refractivity contribution in [1.82, 2.24) is 20.2 Å². The molecule has 3 atom stereocenters. The van der Waals surface area contributed by atoms with Gasteiger partial charge in [-0.2, -0.15) is 5.10 Å². The Bertz CT molecular complexity index is 1030. The molecule has 1 aromatic heterocycles. The van der Waals surface area contributed by atoms with E-state index in [0.29, 0.717) is 10.7 Å². The summed E-state index contributed by atoms with van der Waals surface area (Å²) in [7, 11) is 0. The Kier molecular flexibility index (Phi) is 4.99. The van der Waals surface area contributed by atoms with E-state index in [4.69, 9.17) is 17.3 Å². The molecule has 2 aromatic carbocycles. The van der Waals surface area contributed by atoms with Gasteiger partial charge in [0.25, 0.3) is 0 Å². The topological polar surface area (TPSA) is 92.2 Å². The third-order valence-electron chi connectivity index (χ3n) is 5.21. The molecule has 2 heterocycles. The van der Waals surface area contributed by atoms with E-state index in [0.717, 1.165) is 17.7 Å². The van der Waals surface area contributed by atoms with Gasteiger partial charge in [-0.05, 0) is 31.2 Å². The standard InChI is InChI=1S/C19H19ClF2N6O/c1-11(28-17-5-2-12(20)6-14(17)18(23)26-28)19(29,8-27-10-24-9-25-27)15-4-3-13(21)7-16(15)22/h2-7,9-11,18,26,29H,8,23H2,1H3/t11-,18?,19-/m1/s1. The van der Waals surface area contributed by atoms with Crippen molar-refractivity contribution in [3.05, 3.63) is 76.8 Å². The van der Waals surface area contributed by atoms with Crippen molar-refractivity contribution >= 4 is 17.3 Å². The minimum atomic E-state index is -1.81. The molecule has 152 valence electrons. The molecular weight excluding hydrogens is 402 g/mol. The predicted molar refractivity (Wildman–Crippen MR) is 104 cm³/mol. The van der Waals surface area contributed by atoms with Crippen LogP contribution in [0.2, 0.25) is 5.02 Å². The maximum Gasteiger partial charge on any atom is 0.137 e. The van der Waals surface area contributed by atoms with Crippen molar-refractivity contribution in [3.8, 4) is 0 Å². The smallest absolute Gasteiger partial charge is 0.137 e. The summed E-state index contributed by atoms with van der Waals surface area (Å²) in [6, 6.07) is 7.55. The van der Waals surface area contributed by atoms with Crippen LogP contribution >= 0.6 is 11.6 Å². The van der Waals surface area contributed by atoms with Crippen LogP contribution in [-0.4, -0.2) is 25.9 Å².